The van der Waals surface area contributed by atoms with Gasteiger partial charge in [-0.3, -0.25) is 4.79 Å². The zero-order chi connectivity index (χ0) is 18.7. The molecule has 0 N–H and O–H groups in total. The van der Waals surface area contributed by atoms with Crippen molar-refractivity contribution in [2.24, 2.45) is 0 Å². The molecule has 0 aliphatic rings. The number of ketones is 1. The van der Waals surface area contributed by atoms with Gasteiger partial charge in [-0.05, 0) is 29.5 Å². The number of nitrogens with zero attached hydrogens (tertiary/aromatic N) is 2. The van der Waals surface area contributed by atoms with Crippen LogP contribution in [0.2, 0.25) is 0 Å². The van der Waals surface area contributed by atoms with Crippen LogP contribution in [-0.4, -0.2) is 21.7 Å². The first-order valence-electron chi connectivity index (χ1n) is 8.50. The smallest absolute Gasteiger partial charge is 0.277 e. The van der Waals surface area contributed by atoms with E-state index in [9.17, 15) is 4.79 Å². The molecule has 3 rings (SSSR count). The van der Waals surface area contributed by atoms with Crippen molar-refractivity contribution in [1.29, 1.82) is 0 Å². The van der Waals surface area contributed by atoms with E-state index in [1.165, 1.54) is 17.3 Å². The average Bonchev–Trinajstić information content (AvgIpc) is 3.08. The van der Waals surface area contributed by atoms with Gasteiger partial charge in [0, 0.05) is 11.1 Å². The van der Waals surface area contributed by atoms with Crippen LogP contribution in [0.25, 0.3) is 11.5 Å². The molecule has 1 heterocycles. The highest BCUT2D eigenvalue weighted by molar-refractivity contribution is 7.99. The average molecular weight is 366 g/mol. The summed E-state index contributed by atoms with van der Waals surface area (Å²) in [6.07, 6.45) is 0. The van der Waals surface area contributed by atoms with Gasteiger partial charge in [-0.2, -0.15) is 0 Å². The molecule has 1 aromatic heterocycles. The number of thioether (sulfide) groups is 1. The fourth-order valence-electron chi connectivity index (χ4n) is 2.56. The molecule has 0 unspecified atom stereocenters. The van der Waals surface area contributed by atoms with Gasteiger partial charge in [0.2, 0.25) is 5.89 Å². The summed E-state index contributed by atoms with van der Waals surface area (Å²) in [5, 5.41) is 8.53. The van der Waals surface area contributed by atoms with Gasteiger partial charge in [-0.25, -0.2) is 0 Å². The molecule has 3 aromatic rings. The molecule has 26 heavy (non-hydrogen) atoms. The molecule has 0 saturated carbocycles. The summed E-state index contributed by atoms with van der Waals surface area (Å²) in [6, 6.07) is 15.6. The van der Waals surface area contributed by atoms with Gasteiger partial charge in [0.05, 0.1) is 5.75 Å². The van der Waals surface area contributed by atoms with E-state index in [1.807, 2.05) is 55.5 Å². The molecule has 0 aliphatic carbocycles. The van der Waals surface area contributed by atoms with Crippen LogP contribution in [0.1, 0.15) is 42.3 Å². The lowest BCUT2D eigenvalue weighted by molar-refractivity contribution is 0.102. The van der Waals surface area contributed by atoms with Crippen molar-refractivity contribution in [2.45, 2.75) is 38.3 Å². The molecule has 0 aliphatic heterocycles. The van der Waals surface area contributed by atoms with Gasteiger partial charge >= 0.3 is 0 Å². The summed E-state index contributed by atoms with van der Waals surface area (Å²) >= 11 is 1.26. The lowest BCUT2D eigenvalue weighted by Crippen LogP contribution is -2.11. The highest BCUT2D eigenvalue weighted by atomic mass is 32.2. The lowest BCUT2D eigenvalue weighted by Gasteiger charge is -2.18. The normalized spacial score (nSPS) is 11.5. The van der Waals surface area contributed by atoms with Gasteiger partial charge in [-0.1, -0.05) is 75.0 Å². The van der Waals surface area contributed by atoms with E-state index in [0.717, 1.165) is 11.1 Å². The van der Waals surface area contributed by atoms with Crippen LogP contribution in [0.3, 0.4) is 0 Å². The summed E-state index contributed by atoms with van der Waals surface area (Å²) in [7, 11) is 0. The summed E-state index contributed by atoms with van der Waals surface area (Å²) in [6.45, 7) is 8.46. The number of hydrogen-bond donors (Lipinski definition) is 0. The van der Waals surface area contributed by atoms with Crippen molar-refractivity contribution >= 4 is 17.5 Å². The van der Waals surface area contributed by atoms with E-state index in [1.54, 1.807) is 0 Å². The summed E-state index contributed by atoms with van der Waals surface area (Å²) in [4.78, 5) is 12.4. The SMILES string of the molecule is Cc1ccccc1-c1nnc(SCC(=O)c2ccc(C(C)(C)C)cc2)o1. The number of rotatable bonds is 5. The molecular weight excluding hydrogens is 344 g/mol. The first-order chi connectivity index (χ1) is 12.3. The van der Waals surface area contributed by atoms with Crippen molar-refractivity contribution in [3.63, 3.8) is 0 Å². The van der Waals surface area contributed by atoms with Crippen molar-refractivity contribution in [1.82, 2.24) is 10.2 Å². The van der Waals surface area contributed by atoms with Crippen LogP contribution >= 0.6 is 11.8 Å². The molecule has 4 nitrogen and oxygen atoms in total. The second kappa shape index (κ2) is 7.46. The Morgan fingerprint density at radius 1 is 1.04 bits per heavy atom. The number of carbonyl (C=O) groups excluding carboxylic acids is 1. The lowest BCUT2D eigenvalue weighted by atomic mass is 9.86. The zero-order valence-electron chi connectivity index (χ0n) is 15.4. The highest BCUT2D eigenvalue weighted by Gasteiger charge is 2.16. The first-order valence-corrected chi connectivity index (χ1v) is 9.49. The van der Waals surface area contributed by atoms with E-state index in [2.05, 4.69) is 31.0 Å². The second-order valence-electron chi connectivity index (χ2n) is 7.23. The van der Waals surface area contributed by atoms with Crippen molar-refractivity contribution in [2.75, 3.05) is 5.75 Å². The first kappa shape index (κ1) is 18.4. The van der Waals surface area contributed by atoms with Crippen molar-refractivity contribution in [3.8, 4) is 11.5 Å². The largest absolute Gasteiger partial charge is 0.411 e. The third-order valence-corrected chi connectivity index (χ3v) is 5.00. The molecule has 2 aromatic carbocycles. The van der Waals surface area contributed by atoms with E-state index >= 15 is 0 Å². The maximum absolute atomic E-state index is 12.4. The molecule has 0 amide bonds. The maximum atomic E-state index is 12.4. The Morgan fingerprint density at radius 2 is 1.73 bits per heavy atom. The number of aryl methyl sites for hydroxylation is 1. The monoisotopic (exact) mass is 366 g/mol. The molecule has 0 radical (unpaired) electrons. The number of hydrogen-bond acceptors (Lipinski definition) is 5. The van der Waals surface area contributed by atoms with E-state index < -0.39 is 0 Å². The minimum atomic E-state index is 0.0473. The predicted octanol–water partition coefficient (Wildman–Crippen LogP) is 5.32. The molecule has 134 valence electrons. The fourth-order valence-corrected chi connectivity index (χ4v) is 3.21. The molecule has 0 atom stereocenters. The molecule has 0 fully saturated rings. The molecule has 0 bridgehead atoms. The van der Waals surface area contributed by atoms with Crippen molar-refractivity contribution < 1.29 is 9.21 Å². The standard InChI is InChI=1S/C21H22N2O2S/c1-14-7-5-6-8-17(14)19-22-23-20(25-19)26-13-18(24)15-9-11-16(12-10-15)21(2,3)4/h5-12H,13H2,1-4H3. The predicted molar refractivity (Wildman–Crippen MR) is 105 cm³/mol. The van der Waals surface area contributed by atoms with Crippen LogP contribution < -0.4 is 0 Å². The van der Waals surface area contributed by atoms with Gasteiger partial charge in [-0.15, -0.1) is 10.2 Å². The zero-order valence-corrected chi connectivity index (χ0v) is 16.3. The van der Waals surface area contributed by atoms with Crippen LogP contribution in [0.4, 0.5) is 0 Å². The number of benzene rings is 2. The third-order valence-electron chi connectivity index (χ3n) is 4.18. The van der Waals surface area contributed by atoms with Gasteiger partial charge in [0.1, 0.15) is 0 Å². The molecule has 5 heteroatoms. The van der Waals surface area contributed by atoms with Gasteiger partial charge < -0.3 is 4.42 Å². The topological polar surface area (TPSA) is 56.0 Å². The molecule has 0 spiro atoms. The van der Waals surface area contributed by atoms with Gasteiger partial charge in [0.15, 0.2) is 5.78 Å². The maximum Gasteiger partial charge on any atom is 0.277 e. The van der Waals surface area contributed by atoms with Crippen LogP contribution in [-0.2, 0) is 5.41 Å². The van der Waals surface area contributed by atoms with Crippen molar-refractivity contribution in [3.05, 3.63) is 65.2 Å². The number of carbonyl (C=O) groups is 1. The molecular formula is C21H22N2O2S. The summed E-state index contributed by atoms with van der Waals surface area (Å²) in [5.41, 5.74) is 3.97. The Labute approximate surface area is 158 Å². The second-order valence-corrected chi connectivity index (χ2v) is 8.15. The Hall–Kier alpha value is -2.40. The Bertz CT molecular complexity index is 908. The number of Topliss-reactive ketones (excluding diaryl/α,β-unsaturated/α-hetero) is 1. The minimum absolute atomic E-state index is 0.0473. The Balaban J connectivity index is 1.64. The van der Waals surface area contributed by atoms with E-state index in [0.29, 0.717) is 16.7 Å². The van der Waals surface area contributed by atoms with E-state index in [4.69, 9.17) is 4.42 Å². The fraction of sp³-hybridized carbons (Fsp3) is 0.286. The Kier molecular flexibility index (Phi) is 5.28. The highest BCUT2D eigenvalue weighted by Crippen LogP contribution is 2.26. The third kappa shape index (κ3) is 4.22. The molecule has 0 saturated heterocycles. The summed E-state index contributed by atoms with van der Waals surface area (Å²) in [5.74, 6) is 0.795. The van der Waals surface area contributed by atoms with Crippen LogP contribution in [0.15, 0.2) is 58.2 Å². The van der Waals surface area contributed by atoms with Crippen LogP contribution in [0, 0.1) is 6.92 Å². The summed E-state index contributed by atoms with van der Waals surface area (Å²) < 4.78 is 5.69. The number of aromatic nitrogens is 2. The van der Waals surface area contributed by atoms with Crippen LogP contribution in [0.5, 0.6) is 0 Å². The van der Waals surface area contributed by atoms with Gasteiger partial charge in [0.25, 0.3) is 5.22 Å². The minimum Gasteiger partial charge on any atom is -0.411 e. The quantitative estimate of drug-likeness (QED) is 0.452. The van der Waals surface area contributed by atoms with E-state index in [-0.39, 0.29) is 17.0 Å². The Morgan fingerprint density at radius 3 is 2.38 bits per heavy atom.